The number of amides is 1. The van der Waals surface area contributed by atoms with Crippen LogP contribution in [-0.2, 0) is 11.3 Å². The highest BCUT2D eigenvalue weighted by atomic mass is 32.2. The fourth-order valence-electron chi connectivity index (χ4n) is 2.93. The molecule has 0 aliphatic heterocycles. The van der Waals surface area contributed by atoms with Gasteiger partial charge in [-0.25, -0.2) is 9.82 Å². The van der Waals surface area contributed by atoms with Crippen molar-refractivity contribution in [2.24, 2.45) is 5.10 Å². The summed E-state index contributed by atoms with van der Waals surface area (Å²) >= 11 is 1.26. The van der Waals surface area contributed by atoms with E-state index in [1.807, 2.05) is 29.7 Å². The maximum Gasteiger partial charge on any atom is 0.250 e. The molecule has 0 atom stereocenters. The molecule has 0 unspecified atom stereocenters. The molecule has 0 radical (unpaired) electrons. The van der Waals surface area contributed by atoms with E-state index in [0.717, 1.165) is 11.1 Å². The number of thioether (sulfide) groups is 1. The average Bonchev–Trinajstić information content (AvgIpc) is 3.24. The molecule has 8 nitrogen and oxygen atoms in total. The maximum absolute atomic E-state index is 13.0. The van der Waals surface area contributed by atoms with Crippen LogP contribution in [0.1, 0.15) is 19.4 Å². The Balaban J connectivity index is 1.67. The number of hydrogen-bond donors (Lipinski definition) is 1. The van der Waals surface area contributed by atoms with Crippen LogP contribution in [0, 0.1) is 5.82 Å². The lowest BCUT2D eigenvalue weighted by molar-refractivity contribution is -0.118. The Labute approximate surface area is 189 Å². The molecule has 2 aromatic carbocycles. The van der Waals surface area contributed by atoms with Crippen molar-refractivity contribution in [2.75, 3.05) is 20.0 Å². The van der Waals surface area contributed by atoms with E-state index in [1.54, 1.807) is 33.3 Å². The van der Waals surface area contributed by atoms with Crippen LogP contribution in [0.25, 0.3) is 11.4 Å². The summed E-state index contributed by atoms with van der Waals surface area (Å²) in [7, 11) is 3.16. The number of carbonyl (C=O) groups is 1. The number of benzene rings is 2. The largest absolute Gasteiger partial charge is 0.493 e. The predicted octanol–water partition coefficient (Wildman–Crippen LogP) is 3.75. The number of nitrogens with zero attached hydrogens (tertiary/aromatic N) is 4. The molecule has 1 aromatic heterocycles. The Kier molecular flexibility index (Phi) is 7.82. The molecule has 3 aromatic rings. The molecule has 1 heterocycles. The first kappa shape index (κ1) is 23.3. The van der Waals surface area contributed by atoms with Gasteiger partial charge in [-0.1, -0.05) is 23.9 Å². The lowest BCUT2D eigenvalue weighted by Crippen LogP contribution is -2.21. The van der Waals surface area contributed by atoms with Crippen molar-refractivity contribution in [3.8, 4) is 22.9 Å². The molecule has 0 spiro atoms. The first-order valence-corrected chi connectivity index (χ1v) is 10.8. The van der Waals surface area contributed by atoms with Crippen LogP contribution < -0.4 is 14.9 Å². The van der Waals surface area contributed by atoms with E-state index in [4.69, 9.17) is 9.47 Å². The number of carbonyl (C=O) groups excluding carboxylic acids is 1. The second-order valence-electron chi connectivity index (χ2n) is 6.65. The fourth-order valence-corrected chi connectivity index (χ4v) is 3.73. The van der Waals surface area contributed by atoms with Gasteiger partial charge in [0, 0.05) is 12.1 Å². The molecule has 0 saturated heterocycles. The van der Waals surface area contributed by atoms with Gasteiger partial charge >= 0.3 is 0 Å². The van der Waals surface area contributed by atoms with Crippen molar-refractivity contribution in [1.29, 1.82) is 0 Å². The van der Waals surface area contributed by atoms with Gasteiger partial charge < -0.3 is 14.0 Å². The molecule has 1 amide bonds. The zero-order chi connectivity index (χ0) is 23.1. The summed E-state index contributed by atoms with van der Waals surface area (Å²) in [6.07, 6.45) is 0. The summed E-state index contributed by atoms with van der Waals surface area (Å²) in [4.78, 5) is 12.2. The standard InChI is InChI=1S/C22H24FN5O3S/c1-5-28-21(16-8-11-18(30-3)19(12-16)31-4)26-27-22(28)32-13-20(29)25-24-14(2)15-6-9-17(23)10-7-15/h6-12H,5,13H2,1-4H3,(H,25,29). The summed E-state index contributed by atoms with van der Waals surface area (Å²) in [5.74, 6) is 1.40. The van der Waals surface area contributed by atoms with Crippen molar-refractivity contribution < 1.29 is 18.7 Å². The molecular formula is C22H24FN5O3S. The van der Waals surface area contributed by atoms with Gasteiger partial charge in [0.1, 0.15) is 5.82 Å². The molecule has 10 heteroatoms. The van der Waals surface area contributed by atoms with Crippen LogP contribution in [0.3, 0.4) is 0 Å². The van der Waals surface area contributed by atoms with Crippen molar-refractivity contribution in [3.05, 3.63) is 53.8 Å². The maximum atomic E-state index is 13.0. The Morgan fingerprint density at radius 1 is 1.12 bits per heavy atom. The highest BCUT2D eigenvalue weighted by molar-refractivity contribution is 7.99. The second-order valence-corrected chi connectivity index (χ2v) is 7.59. The van der Waals surface area contributed by atoms with Crippen LogP contribution in [0.5, 0.6) is 11.5 Å². The van der Waals surface area contributed by atoms with Crippen molar-refractivity contribution in [3.63, 3.8) is 0 Å². The van der Waals surface area contributed by atoms with E-state index < -0.39 is 0 Å². The quantitative estimate of drug-likeness (QED) is 0.299. The topological polar surface area (TPSA) is 90.6 Å². The summed E-state index contributed by atoms with van der Waals surface area (Å²) in [5.41, 5.74) is 4.65. The van der Waals surface area contributed by atoms with Gasteiger partial charge in [-0.15, -0.1) is 10.2 Å². The third-order valence-corrected chi connectivity index (χ3v) is 5.58. The summed E-state index contributed by atoms with van der Waals surface area (Å²) in [6, 6.07) is 11.4. The molecule has 3 rings (SSSR count). The first-order valence-electron chi connectivity index (χ1n) is 9.84. The number of methoxy groups -OCH3 is 2. The number of nitrogens with one attached hydrogen (secondary N) is 1. The van der Waals surface area contributed by atoms with Gasteiger partial charge in [-0.05, 0) is 49.7 Å². The lowest BCUT2D eigenvalue weighted by atomic mass is 10.1. The van der Waals surface area contributed by atoms with Crippen molar-refractivity contribution in [2.45, 2.75) is 25.5 Å². The van der Waals surface area contributed by atoms with Crippen LogP contribution >= 0.6 is 11.8 Å². The molecular weight excluding hydrogens is 433 g/mol. The highest BCUT2D eigenvalue weighted by Gasteiger charge is 2.16. The lowest BCUT2D eigenvalue weighted by Gasteiger charge is -2.10. The number of halogens is 1. The van der Waals surface area contributed by atoms with Crippen LogP contribution in [0.2, 0.25) is 0 Å². The van der Waals surface area contributed by atoms with Crippen molar-refractivity contribution in [1.82, 2.24) is 20.2 Å². The Morgan fingerprint density at radius 2 is 1.84 bits per heavy atom. The third-order valence-electron chi connectivity index (χ3n) is 4.62. The molecule has 168 valence electrons. The van der Waals surface area contributed by atoms with E-state index in [1.165, 1.54) is 23.9 Å². The zero-order valence-electron chi connectivity index (χ0n) is 18.3. The van der Waals surface area contributed by atoms with Crippen LogP contribution in [-0.4, -0.2) is 46.4 Å². The molecule has 0 fully saturated rings. The summed E-state index contributed by atoms with van der Waals surface area (Å²) in [6.45, 7) is 4.35. The predicted molar refractivity (Wildman–Crippen MR) is 122 cm³/mol. The van der Waals surface area contributed by atoms with E-state index in [2.05, 4.69) is 20.7 Å². The molecule has 32 heavy (non-hydrogen) atoms. The Bertz CT molecular complexity index is 1120. The van der Waals surface area contributed by atoms with Gasteiger partial charge in [0.25, 0.3) is 5.91 Å². The van der Waals surface area contributed by atoms with Gasteiger partial charge in [0.2, 0.25) is 0 Å². The normalized spacial score (nSPS) is 11.3. The minimum atomic E-state index is -0.325. The third kappa shape index (κ3) is 5.44. The van der Waals surface area contributed by atoms with Crippen LogP contribution in [0.4, 0.5) is 4.39 Å². The first-order chi connectivity index (χ1) is 15.5. The van der Waals surface area contributed by atoms with Gasteiger partial charge in [0.05, 0.1) is 25.7 Å². The van der Waals surface area contributed by atoms with Gasteiger partial charge in [-0.3, -0.25) is 4.79 Å². The van der Waals surface area contributed by atoms with Gasteiger partial charge in [0.15, 0.2) is 22.5 Å². The SMILES string of the molecule is CCn1c(SCC(=O)NN=C(C)c2ccc(F)cc2)nnc1-c1ccc(OC)c(OC)c1. The van der Waals surface area contributed by atoms with Crippen molar-refractivity contribution >= 4 is 23.4 Å². The molecule has 0 bridgehead atoms. The monoisotopic (exact) mass is 457 g/mol. The Hall–Kier alpha value is -3.40. The van der Waals surface area contributed by atoms with E-state index >= 15 is 0 Å². The zero-order valence-corrected chi connectivity index (χ0v) is 19.1. The van der Waals surface area contributed by atoms with E-state index in [9.17, 15) is 9.18 Å². The average molecular weight is 458 g/mol. The smallest absolute Gasteiger partial charge is 0.250 e. The van der Waals surface area contributed by atoms with Crippen LogP contribution in [0.15, 0.2) is 52.7 Å². The minimum absolute atomic E-state index is 0.115. The summed E-state index contributed by atoms with van der Waals surface area (Å²) in [5, 5.41) is 13.2. The van der Waals surface area contributed by atoms with Gasteiger partial charge in [-0.2, -0.15) is 5.10 Å². The second kappa shape index (κ2) is 10.8. The number of ether oxygens (including phenoxy) is 2. The number of aromatic nitrogens is 3. The summed E-state index contributed by atoms with van der Waals surface area (Å²) < 4.78 is 25.6. The molecule has 0 aliphatic carbocycles. The number of hydrazone groups is 1. The molecule has 1 N–H and O–H groups in total. The Morgan fingerprint density at radius 3 is 2.50 bits per heavy atom. The molecule has 0 saturated carbocycles. The van der Waals surface area contributed by atoms with E-state index in [0.29, 0.717) is 34.7 Å². The number of hydrogen-bond acceptors (Lipinski definition) is 7. The highest BCUT2D eigenvalue weighted by Crippen LogP contribution is 2.32. The fraction of sp³-hybridized carbons (Fsp3) is 0.273. The molecule has 0 aliphatic rings. The minimum Gasteiger partial charge on any atom is -0.493 e. The number of rotatable bonds is 9. The van der Waals surface area contributed by atoms with E-state index in [-0.39, 0.29) is 17.5 Å².